The van der Waals surface area contributed by atoms with Gasteiger partial charge in [0, 0.05) is 0 Å². The first-order valence-electron chi connectivity index (χ1n) is 3.95. The summed E-state index contributed by atoms with van der Waals surface area (Å²) in [6.07, 6.45) is 0. The Kier molecular flexibility index (Phi) is 3.70. The molecular formula is C11H11BrS. The van der Waals surface area contributed by atoms with Crippen LogP contribution in [0.15, 0.2) is 41.1 Å². The zero-order chi connectivity index (χ0) is 8.39. The summed E-state index contributed by atoms with van der Waals surface area (Å²) >= 11 is 1.74. The fourth-order valence-electron chi connectivity index (χ4n) is 1.25. The van der Waals surface area contributed by atoms with Gasteiger partial charge in [-0.3, -0.25) is 0 Å². The second-order valence-corrected chi connectivity index (χ2v) is 3.66. The van der Waals surface area contributed by atoms with E-state index in [9.17, 15) is 0 Å². The van der Waals surface area contributed by atoms with Crippen molar-refractivity contribution < 1.29 is 0 Å². The van der Waals surface area contributed by atoms with E-state index < -0.39 is 0 Å². The van der Waals surface area contributed by atoms with Gasteiger partial charge in [0.2, 0.25) is 0 Å². The van der Waals surface area contributed by atoms with Crippen molar-refractivity contribution in [3.05, 3.63) is 46.7 Å². The van der Waals surface area contributed by atoms with Gasteiger partial charge in [0.05, 0.1) is 0 Å². The standard InChI is InChI=1S/C11H10S.BrH/c1-9-3-2-4-10(7-9)11-5-6-12-8-11;/h2-8H,1H3;1H. The van der Waals surface area contributed by atoms with E-state index in [1.807, 2.05) is 0 Å². The van der Waals surface area contributed by atoms with Gasteiger partial charge in [0.1, 0.15) is 0 Å². The van der Waals surface area contributed by atoms with Crippen LogP contribution in [-0.2, 0) is 0 Å². The van der Waals surface area contributed by atoms with E-state index in [1.54, 1.807) is 11.3 Å². The summed E-state index contributed by atoms with van der Waals surface area (Å²) in [5.74, 6) is 0. The molecule has 13 heavy (non-hydrogen) atoms. The van der Waals surface area contributed by atoms with Gasteiger partial charge in [-0.25, -0.2) is 0 Å². The van der Waals surface area contributed by atoms with Crippen LogP contribution in [0.25, 0.3) is 11.1 Å². The Morgan fingerprint density at radius 3 is 2.54 bits per heavy atom. The molecular weight excluding hydrogens is 244 g/mol. The molecule has 0 bridgehead atoms. The van der Waals surface area contributed by atoms with Crippen LogP contribution in [0, 0.1) is 6.92 Å². The molecule has 1 aromatic heterocycles. The van der Waals surface area contributed by atoms with Crippen molar-refractivity contribution in [1.29, 1.82) is 0 Å². The number of benzene rings is 1. The summed E-state index contributed by atoms with van der Waals surface area (Å²) in [6.45, 7) is 2.12. The van der Waals surface area contributed by atoms with E-state index in [4.69, 9.17) is 0 Å². The highest BCUT2D eigenvalue weighted by atomic mass is 79.9. The van der Waals surface area contributed by atoms with Gasteiger partial charge in [0.15, 0.2) is 0 Å². The minimum absolute atomic E-state index is 0. The highest BCUT2D eigenvalue weighted by Gasteiger charge is 1.95. The van der Waals surface area contributed by atoms with E-state index in [2.05, 4.69) is 48.0 Å². The lowest BCUT2D eigenvalue weighted by atomic mass is 10.1. The van der Waals surface area contributed by atoms with Crippen molar-refractivity contribution in [2.24, 2.45) is 0 Å². The summed E-state index contributed by atoms with van der Waals surface area (Å²) in [5, 5.41) is 4.28. The zero-order valence-electron chi connectivity index (χ0n) is 7.36. The lowest BCUT2D eigenvalue weighted by Crippen LogP contribution is -1.74. The van der Waals surface area contributed by atoms with Crippen LogP contribution in [-0.4, -0.2) is 0 Å². The quantitative estimate of drug-likeness (QED) is 0.712. The first kappa shape index (κ1) is 10.5. The molecule has 0 unspecified atom stereocenters. The van der Waals surface area contributed by atoms with Crippen LogP contribution in [0.3, 0.4) is 0 Å². The average molecular weight is 255 g/mol. The third kappa shape index (κ3) is 2.42. The largest absolute Gasteiger partial charge is 0.152 e. The molecule has 1 heterocycles. The van der Waals surface area contributed by atoms with E-state index >= 15 is 0 Å². The van der Waals surface area contributed by atoms with Gasteiger partial charge >= 0.3 is 0 Å². The van der Waals surface area contributed by atoms with Crippen molar-refractivity contribution in [3.63, 3.8) is 0 Å². The topological polar surface area (TPSA) is 0 Å². The molecule has 0 aliphatic rings. The van der Waals surface area contributed by atoms with Crippen LogP contribution in [0.1, 0.15) is 5.56 Å². The molecule has 0 N–H and O–H groups in total. The Morgan fingerprint density at radius 2 is 1.92 bits per heavy atom. The highest BCUT2D eigenvalue weighted by molar-refractivity contribution is 8.93. The Morgan fingerprint density at radius 1 is 1.08 bits per heavy atom. The number of aryl methyl sites for hydroxylation is 1. The molecule has 2 rings (SSSR count). The van der Waals surface area contributed by atoms with Crippen LogP contribution in [0.5, 0.6) is 0 Å². The predicted octanol–water partition coefficient (Wildman–Crippen LogP) is 4.30. The molecule has 2 aromatic rings. The Hall–Kier alpha value is -0.600. The molecule has 0 amide bonds. The molecule has 0 aliphatic heterocycles. The molecule has 0 nitrogen and oxygen atoms in total. The van der Waals surface area contributed by atoms with E-state index in [1.165, 1.54) is 16.7 Å². The number of rotatable bonds is 1. The van der Waals surface area contributed by atoms with Crippen molar-refractivity contribution in [3.8, 4) is 11.1 Å². The Balaban J connectivity index is 0.000000845. The van der Waals surface area contributed by atoms with E-state index in [-0.39, 0.29) is 17.0 Å². The first-order valence-corrected chi connectivity index (χ1v) is 4.90. The molecule has 1 aromatic carbocycles. The van der Waals surface area contributed by atoms with Crippen molar-refractivity contribution in [1.82, 2.24) is 0 Å². The molecule has 0 saturated heterocycles. The third-order valence-electron chi connectivity index (χ3n) is 1.87. The summed E-state index contributed by atoms with van der Waals surface area (Å²) in [6, 6.07) is 10.7. The van der Waals surface area contributed by atoms with Crippen LogP contribution >= 0.6 is 28.3 Å². The third-order valence-corrected chi connectivity index (χ3v) is 2.56. The molecule has 0 radical (unpaired) electrons. The Bertz CT molecular complexity index is 365. The molecule has 68 valence electrons. The first-order chi connectivity index (χ1) is 5.86. The highest BCUT2D eigenvalue weighted by Crippen LogP contribution is 2.22. The van der Waals surface area contributed by atoms with Crippen LogP contribution in [0.4, 0.5) is 0 Å². The van der Waals surface area contributed by atoms with Crippen LogP contribution in [0.2, 0.25) is 0 Å². The van der Waals surface area contributed by atoms with E-state index in [0.29, 0.717) is 0 Å². The van der Waals surface area contributed by atoms with Crippen molar-refractivity contribution in [2.45, 2.75) is 6.92 Å². The minimum atomic E-state index is 0. The number of thiophene rings is 1. The van der Waals surface area contributed by atoms with Gasteiger partial charge in [-0.1, -0.05) is 29.8 Å². The lowest BCUT2D eigenvalue weighted by Gasteiger charge is -1.97. The van der Waals surface area contributed by atoms with Crippen molar-refractivity contribution >= 4 is 28.3 Å². The minimum Gasteiger partial charge on any atom is -0.152 e. The normalized spacial score (nSPS) is 9.31. The second-order valence-electron chi connectivity index (χ2n) is 2.88. The van der Waals surface area contributed by atoms with Gasteiger partial charge in [-0.05, 0) is 34.9 Å². The molecule has 2 heteroatoms. The Labute approximate surface area is 93.0 Å². The van der Waals surface area contributed by atoms with Crippen LogP contribution < -0.4 is 0 Å². The molecule has 0 fully saturated rings. The zero-order valence-corrected chi connectivity index (χ0v) is 9.89. The molecule has 0 aliphatic carbocycles. The van der Waals surface area contributed by atoms with Gasteiger partial charge in [-0.15, -0.1) is 17.0 Å². The van der Waals surface area contributed by atoms with Crippen molar-refractivity contribution in [2.75, 3.05) is 0 Å². The monoisotopic (exact) mass is 254 g/mol. The van der Waals surface area contributed by atoms with Gasteiger partial charge < -0.3 is 0 Å². The smallest absolute Gasteiger partial charge is 0.00147 e. The van der Waals surface area contributed by atoms with E-state index in [0.717, 1.165) is 0 Å². The SMILES string of the molecule is Br.Cc1cccc(-c2ccsc2)c1. The molecule has 0 atom stereocenters. The number of hydrogen-bond donors (Lipinski definition) is 0. The summed E-state index contributed by atoms with van der Waals surface area (Å²) in [5.41, 5.74) is 3.96. The summed E-state index contributed by atoms with van der Waals surface area (Å²) in [7, 11) is 0. The number of hydrogen-bond acceptors (Lipinski definition) is 1. The van der Waals surface area contributed by atoms with Gasteiger partial charge in [-0.2, -0.15) is 11.3 Å². The molecule has 0 spiro atoms. The fraction of sp³-hybridized carbons (Fsp3) is 0.0909. The van der Waals surface area contributed by atoms with Gasteiger partial charge in [0.25, 0.3) is 0 Å². The summed E-state index contributed by atoms with van der Waals surface area (Å²) < 4.78 is 0. The maximum absolute atomic E-state index is 2.21. The average Bonchev–Trinajstić information content (AvgIpc) is 2.56. The predicted molar refractivity (Wildman–Crippen MR) is 64.8 cm³/mol. The lowest BCUT2D eigenvalue weighted by molar-refractivity contribution is 1.47. The fourth-order valence-corrected chi connectivity index (χ4v) is 1.92. The molecule has 0 saturated carbocycles. The number of halogens is 1. The summed E-state index contributed by atoms with van der Waals surface area (Å²) in [4.78, 5) is 0. The maximum atomic E-state index is 2.21. The maximum Gasteiger partial charge on any atom is -0.00147 e. The second kappa shape index (κ2) is 4.58.